The molecule has 0 aliphatic rings. The van der Waals surface area contributed by atoms with Crippen molar-refractivity contribution in [1.82, 2.24) is 0 Å². The van der Waals surface area contributed by atoms with E-state index < -0.39 is 11.6 Å². The highest BCUT2D eigenvalue weighted by Crippen LogP contribution is 2.21. The van der Waals surface area contributed by atoms with Crippen LogP contribution in [0.15, 0.2) is 36.4 Å². The molecular weight excluding hydrogens is 236 g/mol. The first-order valence-corrected chi connectivity index (χ1v) is 5.74. The topological polar surface area (TPSA) is 0 Å². The zero-order chi connectivity index (χ0) is 13.3. The van der Waals surface area contributed by atoms with Crippen molar-refractivity contribution in [2.45, 2.75) is 13.6 Å². The second-order valence-electron chi connectivity index (χ2n) is 4.52. The minimum atomic E-state index is -0.930. The van der Waals surface area contributed by atoms with Crippen LogP contribution in [0.4, 0.5) is 13.2 Å². The largest absolute Gasteiger partial charge is 0.208 e. The summed E-state index contributed by atoms with van der Waals surface area (Å²) in [7, 11) is 0. The Labute approximate surface area is 105 Å². The summed E-state index contributed by atoms with van der Waals surface area (Å²) in [5.74, 6) is -2.16. The Morgan fingerprint density at radius 3 is 1.78 bits per heavy atom. The third-order valence-electron chi connectivity index (χ3n) is 2.88. The maximum absolute atomic E-state index is 13.8. The van der Waals surface area contributed by atoms with E-state index in [1.165, 1.54) is 12.1 Å². The van der Waals surface area contributed by atoms with E-state index in [0.717, 1.165) is 12.1 Å². The highest BCUT2D eigenvalue weighted by atomic mass is 19.2. The van der Waals surface area contributed by atoms with Gasteiger partial charge in [-0.2, -0.15) is 0 Å². The van der Waals surface area contributed by atoms with Crippen molar-refractivity contribution >= 4 is 12.2 Å². The highest BCUT2D eigenvalue weighted by molar-refractivity contribution is 6.70. The molecule has 2 aromatic carbocycles. The van der Waals surface area contributed by atoms with Crippen LogP contribution in [-0.4, -0.2) is 6.71 Å². The van der Waals surface area contributed by atoms with Crippen molar-refractivity contribution in [2.24, 2.45) is 0 Å². The van der Waals surface area contributed by atoms with Crippen molar-refractivity contribution in [3.8, 4) is 11.1 Å². The Morgan fingerprint density at radius 2 is 1.28 bits per heavy atom. The molecule has 0 saturated carbocycles. The second-order valence-corrected chi connectivity index (χ2v) is 4.52. The number of rotatable bonds is 2. The van der Waals surface area contributed by atoms with Crippen molar-refractivity contribution in [3.05, 3.63) is 53.8 Å². The van der Waals surface area contributed by atoms with Gasteiger partial charge in [-0.15, -0.1) is 0 Å². The van der Waals surface area contributed by atoms with E-state index in [4.69, 9.17) is 0 Å². The van der Waals surface area contributed by atoms with Crippen LogP contribution >= 0.6 is 0 Å². The van der Waals surface area contributed by atoms with Crippen LogP contribution in [0.5, 0.6) is 0 Å². The summed E-state index contributed by atoms with van der Waals surface area (Å²) in [5.41, 5.74) is 1.61. The van der Waals surface area contributed by atoms with Crippen LogP contribution in [0.2, 0.25) is 13.6 Å². The lowest BCUT2D eigenvalue weighted by molar-refractivity contribution is 0.509. The van der Waals surface area contributed by atoms with Gasteiger partial charge in [-0.3, -0.25) is 0 Å². The quantitative estimate of drug-likeness (QED) is 0.710. The Bertz CT molecular complexity index is 579. The number of hydrogen-bond donors (Lipinski definition) is 0. The molecule has 0 nitrogen and oxygen atoms in total. The second kappa shape index (κ2) is 4.88. The van der Waals surface area contributed by atoms with Crippen LogP contribution in [0, 0.1) is 17.5 Å². The summed E-state index contributed by atoms with van der Waals surface area (Å²) < 4.78 is 39.7. The summed E-state index contributed by atoms with van der Waals surface area (Å²) >= 11 is 0. The average molecular weight is 248 g/mol. The zero-order valence-electron chi connectivity index (χ0n) is 10.2. The third-order valence-corrected chi connectivity index (χ3v) is 2.88. The van der Waals surface area contributed by atoms with Crippen LogP contribution in [0.25, 0.3) is 11.1 Å². The fraction of sp³-hybridized carbons (Fsp3) is 0.143. The van der Waals surface area contributed by atoms with Gasteiger partial charge in [0.05, 0.1) is 0 Å². The smallest absolute Gasteiger partial charge is 0.173 e. The molecule has 2 aromatic rings. The van der Waals surface area contributed by atoms with Gasteiger partial charge in [0.1, 0.15) is 5.82 Å². The lowest BCUT2D eigenvalue weighted by atomic mass is 9.49. The summed E-state index contributed by atoms with van der Waals surface area (Å²) in [4.78, 5) is 0. The van der Waals surface area contributed by atoms with Gasteiger partial charge in [-0.1, -0.05) is 31.8 Å². The van der Waals surface area contributed by atoms with Crippen LogP contribution in [0.3, 0.4) is 0 Å². The van der Waals surface area contributed by atoms with E-state index in [1.807, 2.05) is 13.6 Å². The molecule has 0 unspecified atom stereocenters. The molecule has 0 N–H and O–H groups in total. The van der Waals surface area contributed by atoms with Crippen molar-refractivity contribution < 1.29 is 13.2 Å². The molecule has 0 aliphatic heterocycles. The Kier molecular flexibility index (Phi) is 3.46. The summed E-state index contributed by atoms with van der Waals surface area (Å²) in [6, 6.07) is 8.28. The molecule has 0 amide bonds. The van der Waals surface area contributed by atoms with Gasteiger partial charge in [0.25, 0.3) is 0 Å². The fourth-order valence-corrected chi connectivity index (χ4v) is 1.85. The standard InChI is InChI=1S/C14H12BF3/c1-15(2)11-5-3-9(7-13(11)17)10-4-6-12(16)14(18)8-10/h3-8H,1-2H3. The molecule has 0 bridgehead atoms. The minimum Gasteiger partial charge on any atom is -0.208 e. The zero-order valence-corrected chi connectivity index (χ0v) is 10.2. The molecule has 0 atom stereocenters. The monoisotopic (exact) mass is 248 g/mol. The van der Waals surface area contributed by atoms with Crippen LogP contribution in [-0.2, 0) is 0 Å². The van der Waals surface area contributed by atoms with E-state index in [9.17, 15) is 13.2 Å². The predicted molar refractivity (Wildman–Crippen MR) is 68.9 cm³/mol. The molecule has 2 rings (SSSR count). The summed E-state index contributed by atoms with van der Waals surface area (Å²) in [5, 5.41) is 0. The van der Waals surface area contributed by atoms with Crippen molar-refractivity contribution in [3.63, 3.8) is 0 Å². The molecule has 0 aromatic heterocycles. The lowest BCUT2D eigenvalue weighted by Crippen LogP contribution is -2.25. The van der Waals surface area contributed by atoms with Gasteiger partial charge in [0.15, 0.2) is 18.3 Å². The van der Waals surface area contributed by atoms with Gasteiger partial charge in [0, 0.05) is 0 Å². The van der Waals surface area contributed by atoms with Crippen molar-refractivity contribution in [2.75, 3.05) is 0 Å². The maximum atomic E-state index is 13.8. The molecular formula is C14H12BF3. The van der Waals surface area contributed by atoms with Crippen LogP contribution in [0.1, 0.15) is 0 Å². The van der Waals surface area contributed by atoms with E-state index in [-0.39, 0.29) is 12.5 Å². The van der Waals surface area contributed by atoms with E-state index >= 15 is 0 Å². The molecule has 0 heterocycles. The lowest BCUT2D eigenvalue weighted by Gasteiger charge is -2.08. The van der Waals surface area contributed by atoms with E-state index in [2.05, 4.69) is 0 Å². The molecule has 0 radical (unpaired) electrons. The van der Waals surface area contributed by atoms with Crippen molar-refractivity contribution in [1.29, 1.82) is 0 Å². The molecule has 0 aliphatic carbocycles. The predicted octanol–water partition coefficient (Wildman–Crippen LogP) is 3.73. The number of halogens is 3. The van der Waals surface area contributed by atoms with Gasteiger partial charge < -0.3 is 0 Å². The molecule has 0 spiro atoms. The number of hydrogen-bond acceptors (Lipinski definition) is 0. The normalized spacial score (nSPS) is 10.5. The van der Waals surface area contributed by atoms with E-state index in [0.29, 0.717) is 16.6 Å². The van der Waals surface area contributed by atoms with Gasteiger partial charge in [-0.25, -0.2) is 13.2 Å². The minimum absolute atomic E-state index is 0.0870. The Hall–Kier alpha value is -1.71. The number of benzene rings is 2. The first-order chi connectivity index (χ1) is 8.49. The Balaban J connectivity index is 2.45. The molecule has 92 valence electrons. The Morgan fingerprint density at radius 1 is 0.722 bits per heavy atom. The first kappa shape index (κ1) is 12.7. The highest BCUT2D eigenvalue weighted by Gasteiger charge is 2.11. The molecule has 0 fully saturated rings. The van der Waals surface area contributed by atoms with Gasteiger partial charge >= 0.3 is 0 Å². The average Bonchev–Trinajstić information content (AvgIpc) is 2.32. The summed E-state index contributed by atoms with van der Waals surface area (Å²) in [6.45, 7) is 3.88. The maximum Gasteiger partial charge on any atom is 0.173 e. The van der Waals surface area contributed by atoms with Gasteiger partial charge in [-0.05, 0) is 34.8 Å². The first-order valence-electron chi connectivity index (χ1n) is 5.74. The fourth-order valence-electron chi connectivity index (χ4n) is 1.85. The third kappa shape index (κ3) is 2.42. The van der Waals surface area contributed by atoms with Gasteiger partial charge in [0.2, 0.25) is 0 Å². The molecule has 0 saturated heterocycles. The summed E-state index contributed by atoms with van der Waals surface area (Å²) in [6.07, 6.45) is 0. The molecule has 4 heteroatoms. The molecule has 18 heavy (non-hydrogen) atoms. The SMILES string of the molecule is CB(C)c1ccc(-c2ccc(F)c(F)c2)cc1F. The van der Waals surface area contributed by atoms with E-state index in [1.54, 1.807) is 12.1 Å². The van der Waals surface area contributed by atoms with Crippen LogP contribution < -0.4 is 5.46 Å².